The van der Waals surface area contributed by atoms with Gasteiger partial charge in [-0.15, -0.1) is 0 Å². The lowest BCUT2D eigenvalue weighted by molar-refractivity contribution is -0.191. The number of ether oxygens (including phenoxy) is 3. The minimum Gasteiger partial charge on any atom is -0.465 e. The molecule has 5 rings (SSSR count). The van der Waals surface area contributed by atoms with Gasteiger partial charge in [-0.25, -0.2) is 14.4 Å². The number of H-pyrrole nitrogens is 1. The van der Waals surface area contributed by atoms with E-state index in [-0.39, 0.29) is 48.9 Å². The van der Waals surface area contributed by atoms with Gasteiger partial charge >= 0.3 is 24.3 Å². The van der Waals surface area contributed by atoms with Crippen molar-refractivity contribution in [3.63, 3.8) is 0 Å². The maximum absolute atomic E-state index is 12.3. The van der Waals surface area contributed by atoms with Crippen molar-refractivity contribution in [1.29, 1.82) is 0 Å². The Morgan fingerprint density at radius 3 is 1.71 bits per heavy atom. The van der Waals surface area contributed by atoms with Crippen LogP contribution in [0.15, 0.2) is 114 Å². The van der Waals surface area contributed by atoms with Gasteiger partial charge in [0.2, 0.25) is 5.91 Å². The number of aryl methyl sites for hydroxylation is 3. The van der Waals surface area contributed by atoms with Crippen molar-refractivity contribution < 1.29 is 43.0 Å². The number of carbonyl (C=O) groups excluding carboxylic acids is 6. The maximum Gasteiger partial charge on any atom is 0.414 e. The van der Waals surface area contributed by atoms with Crippen molar-refractivity contribution in [2.24, 2.45) is 0 Å². The summed E-state index contributed by atoms with van der Waals surface area (Å²) < 4.78 is 16.2. The quantitative estimate of drug-likeness (QED) is 0.0977. The van der Waals surface area contributed by atoms with Gasteiger partial charge in [0.1, 0.15) is 16.9 Å². The number of rotatable bonds is 5. The third kappa shape index (κ3) is 22.6. The molecule has 65 heavy (non-hydrogen) atoms. The number of benzene rings is 4. The van der Waals surface area contributed by atoms with E-state index in [1.165, 1.54) is 36.3 Å². The summed E-state index contributed by atoms with van der Waals surface area (Å²) in [5.74, 6) is -0.531. The zero-order chi connectivity index (χ0) is 48.8. The van der Waals surface area contributed by atoms with E-state index in [0.717, 1.165) is 31.6 Å². The van der Waals surface area contributed by atoms with Gasteiger partial charge in [-0.05, 0) is 161 Å². The molecule has 0 atom stereocenters. The fourth-order valence-corrected chi connectivity index (χ4v) is 5.77. The van der Waals surface area contributed by atoms with Crippen molar-refractivity contribution >= 4 is 69.9 Å². The number of methoxy groups -OCH3 is 1. The molecule has 0 spiro atoms. The molecule has 0 aliphatic heterocycles. The molecule has 2 N–H and O–H groups in total. The summed E-state index contributed by atoms with van der Waals surface area (Å²) >= 11 is 2.10. The highest BCUT2D eigenvalue weighted by Gasteiger charge is 2.22. The molecule has 0 unspecified atom stereocenters. The van der Waals surface area contributed by atoms with E-state index in [9.17, 15) is 24.0 Å². The Bertz CT molecular complexity index is 2410. The average molecular weight is 1010 g/mol. The van der Waals surface area contributed by atoms with E-state index in [1.54, 1.807) is 37.2 Å². The number of aromatic nitrogens is 1. The van der Waals surface area contributed by atoms with E-state index in [0.29, 0.717) is 5.56 Å². The van der Waals surface area contributed by atoms with E-state index >= 15 is 0 Å². The van der Waals surface area contributed by atoms with E-state index in [2.05, 4.69) is 62.8 Å². The molecule has 5 aromatic rings. The van der Waals surface area contributed by atoms with Crippen LogP contribution >= 0.6 is 22.6 Å². The van der Waals surface area contributed by atoms with Crippen LogP contribution in [0.4, 0.5) is 26.7 Å². The fraction of sp³-hybridized carbons (Fsp3) is 0.320. The topological polar surface area (TPSA) is 181 Å². The molecule has 14 nitrogen and oxygen atoms in total. The second-order valence-corrected chi connectivity index (χ2v) is 17.1. The number of nitrogens with zero attached hydrogens (tertiary/aromatic N) is 2. The Labute approximate surface area is 396 Å². The van der Waals surface area contributed by atoms with Crippen LogP contribution in [-0.4, -0.2) is 67.6 Å². The summed E-state index contributed by atoms with van der Waals surface area (Å²) in [6.07, 6.45) is 1.07. The van der Waals surface area contributed by atoms with Gasteiger partial charge in [0.15, 0.2) is 0 Å². The number of aromatic amines is 1. The van der Waals surface area contributed by atoms with Crippen LogP contribution in [0, 0.1) is 24.3 Å². The first kappa shape index (κ1) is 58.4. The summed E-state index contributed by atoms with van der Waals surface area (Å²) in [5.41, 5.74) is 7.03. The molecule has 0 fully saturated rings. The lowest BCUT2D eigenvalue weighted by Crippen LogP contribution is -2.34. The molecule has 1 heterocycles. The van der Waals surface area contributed by atoms with Gasteiger partial charge in [-0.2, -0.15) is 9.59 Å². The minimum absolute atomic E-state index is 0. The van der Waals surface area contributed by atoms with Crippen molar-refractivity contribution in [3.05, 3.63) is 146 Å². The Kier molecular flexibility index (Phi) is 25.4. The van der Waals surface area contributed by atoms with Gasteiger partial charge in [-0.1, -0.05) is 62.0 Å². The van der Waals surface area contributed by atoms with Gasteiger partial charge in [-0.3, -0.25) is 19.4 Å². The Hall–Kier alpha value is -6.58. The SMILES string of the molecule is C.CC(=O)Nc1ccc[nH]c1=O.COC(=O)c1ccccc1I.Cc1cc(-c2ccccc2C)cc(N(C)C(=O)OC(C)(C)C)c1.Cc1cccc(N(C)C(=O)OC(C)(C)C)c1.O=C=O. The summed E-state index contributed by atoms with van der Waals surface area (Å²) in [5, 5.41) is 2.39. The zero-order valence-electron chi connectivity index (χ0n) is 38.7. The van der Waals surface area contributed by atoms with Gasteiger partial charge in [0.05, 0.1) is 12.7 Å². The highest BCUT2D eigenvalue weighted by molar-refractivity contribution is 14.1. The molecule has 0 saturated heterocycles. The molecule has 0 aliphatic carbocycles. The van der Waals surface area contributed by atoms with Crippen LogP contribution in [0.5, 0.6) is 0 Å². The van der Waals surface area contributed by atoms with Crippen molar-refractivity contribution in [2.75, 3.05) is 36.3 Å². The standard InChI is InChI=1S/C20H25NO2.C13H19NO2.C8H7IO2.C7H8N2O2.CO2.CH4/c1-14-11-16(18-10-8-7-9-15(18)2)13-17(12-14)21(6)19(22)23-20(3,4)5;1-10-7-6-8-11(9-10)14(5)12(15)16-13(2,3)4;1-11-8(10)6-4-2-3-5-7(6)9;1-5(10)9-6-3-2-4-8-7(6)11;2-1-3;/h7-13H,1-6H3;6-9H,1-5H3;2-5H,1H3;2-4H,1H3,(H,8,11)(H,9,10);;1H4. The van der Waals surface area contributed by atoms with Crippen molar-refractivity contribution in [3.8, 4) is 11.1 Å². The number of amides is 3. The smallest absolute Gasteiger partial charge is 0.414 e. The number of halogens is 1. The van der Waals surface area contributed by atoms with Crippen LogP contribution in [0.1, 0.15) is 82.9 Å². The molecular weight excluding hydrogens is 943 g/mol. The number of esters is 1. The highest BCUT2D eigenvalue weighted by Crippen LogP contribution is 2.29. The number of hydrogen-bond donors (Lipinski definition) is 2. The predicted molar refractivity (Wildman–Crippen MR) is 265 cm³/mol. The Balaban J connectivity index is 0.000000856. The van der Waals surface area contributed by atoms with Crippen LogP contribution in [0.2, 0.25) is 0 Å². The van der Waals surface area contributed by atoms with Gasteiger partial charge in [0, 0.05) is 42.2 Å². The third-order valence-electron chi connectivity index (χ3n) is 8.04. The van der Waals surface area contributed by atoms with Gasteiger partial charge in [0.25, 0.3) is 5.56 Å². The molecule has 1 aromatic heterocycles. The molecule has 0 aliphatic rings. The largest absolute Gasteiger partial charge is 0.465 e. The van der Waals surface area contributed by atoms with Crippen molar-refractivity contribution in [1.82, 2.24) is 4.98 Å². The Morgan fingerprint density at radius 2 is 1.22 bits per heavy atom. The van der Waals surface area contributed by atoms with Crippen LogP contribution in [0.25, 0.3) is 11.1 Å². The summed E-state index contributed by atoms with van der Waals surface area (Å²) in [6, 6.07) is 32.6. The maximum atomic E-state index is 12.3. The monoisotopic (exact) mass is 1010 g/mol. The van der Waals surface area contributed by atoms with Crippen LogP contribution in [-0.2, 0) is 28.6 Å². The number of nitrogens with one attached hydrogen (secondary N) is 2. The molecular formula is C50H63IN4O10. The molecule has 0 bridgehead atoms. The average Bonchev–Trinajstić information content (AvgIpc) is 3.20. The second-order valence-electron chi connectivity index (χ2n) is 15.9. The van der Waals surface area contributed by atoms with Crippen LogP contribution in [0.3, 0.4) is 0 Å². The molecule has 4 aromatic carbocycles. The second kappa shape index (κ2) is 28.3. The summed E-state index contributed by atoms with van der Waals surface area (Å²) in [7, 11) is 4.83. The minimum atomic E-state index is -0.506. The molecule has 350 valence electrons. The molecule has 3 amide bonds. The first-order chi connectivity index (χ1) is 29.8. The first-order valence-corrected chi connectivity index (χ1v) is 20.9. The van der Waals surface area contributed by atoms with Crippen molar-refractivity contribution in [2.45, 2.75) is 87.9 Å². The first-order valence-electron chi connectivity index (χ1n) is 19.8. The molecule has 15 heteroatoms. The van der Waals surface area contributed by atoms with E-state index in [1.807, 2.05) is 122 Å². The number of carbonyl (C=O) groups is 4. The van der Waals surface area contributed by atoms with E-state index in [4.69, 9.17) is 19.1 Å². The normalized spacial score (nSPS) is 9.94. The summed E-state index contributed by atoms with van der Waals surface area (Å²) in [4.78, 5) is 78.2. The van der Waals surface area contributed by atoms with Gasteiger partial charge < -0.3 is 24.5 Å². The lowest BCUT2D eigenvalue weighted by Gasteiger charge is -2.25. The summed E-state index contributed by atoms with van der Waals surface area (Å²) in [6.45, 7) is 18.6. The Morgan fingerprint density at radius 1 is 0.692 bits per heavy atom. The zero-order valence-corrected chi connectivity index (χ0v) is 40.9. The fourth-order valence-electron chi connectivity index (χ4n) is 5.16. The third-order valence-corrected chi connectivity index (χ3v) is 8.98. The lowest BCUT2D eigenvalue weighted by atomic mass is 9.98. The van der Waals surface area contributed by atoms with Crippen LogP contribution < -0.4 is 20.7 Å². The molecule has 0 radical (unpaired) electrons. The number of hydrogen-bond acceptors (Lipinski definition) is 10. The number of anilines is 3. The number of pyridine rings is 1. The molecule has 0 saturated carbocycles. The highest BCUT2D eigenvalue weighted by atomic mass is 127. The van der Waals surface area contributed by atoms with E-state index < -0.39 is 11.2 Å². The predicted octanol–water partition coefficient (Wildman–Crippen LogP) is 11.2.